The van der Waals surface area contributed by atoms with Crippen molar-refractivity contribution in [1.29, 1.82) is 0 Å². The summed E-state index contributed by atoms with van der Waals surface area (Å²) in [4.78, 5) is 28.1. The maximum absolute atomic E-state index is 12.1. The Morgan fingerprint density at radius 2 is 1.86 bits per heavy atom. The number of nitrogens with zero attached hydrogens (tertiary/aromatic N) is 1. The van der Waals surface area contributed by atoms with Crippen molar-refractivity contribution in [2.45, 2.75) is 39.2 Å². The van der Waals surface area contributed by atoms with E-state index in [1.807, 2.05) is 24.3 Å². The van der Waals surface area contributed by atoms with Crippen LogP contribution in [0.1, 0.15) is 48.1 Å². The van der Waals surface area contributed by atoms with Crippen LogP contribution in [-0.2, 0) is 11.4 Å². The molecule has 7 nitrogen and oxygen atoms in total. The van der Waals surface area contributed by atoms with E-state index in [-0.39, 0.29) is 18.4 Å². The molecule has 0 atom stereocenters. The fourth-order valence-electron chi connectivity index (χ4n) is 2.45. The number of benzene rings is 1. The highest BCUT2D eigenvalue weighted by Crippen LogP contribution is 2.27. The van der Waals surface area contributed by atoms with Gasteiger partial charge in [-0.15, -0.1) is 11.3 Å². The molecule has 0 unspecified atom stereocenters. The molecule has 0 spiro atoms. The Kier molecular flexibility index (Phi) is 9.27. The number of hydrogen-bond acceptors (Lipinski definition) is 6. The van der Waals surface area contributed by atoms with Crippen molar-refractivity contribution in [2.24, 2.45) is 0 Å². The summed E-state index contributed by atoms with van der Waals surface area (Å²) < 4.78 is 11.0. The first kappa shape index (κ1) is 21.7. The third-order valence-electron chi connectivity index (χ3n) is 3.94. The molecule has 2 aromatic rings. The summed E-state index contributed by atoms with van der Waals surface area (Å²) in [5, 5.41) is 7.94. The van der Waals surface area contributed by atoms with Crippen LogP contribution in [0.2, 0.25) is 0 Å². The van der Waals surface area contributed by atoms with Gasteiger partial charge in [-0.25, -0.2) is 4.98 Å². The zero-order valence-corrected chi connectivity index (χ0v) is 17.1. The Morgan fingerprint density at radius 1 is 1.11 bits per heavy atom. The Bertz CT molecular complexity index is 763. The van der Waals surface area contributed by atoms with Gasteiger partial charge in [0.05, 0.1) is 7.11 Å². The van der Waals surface area contributed by atoms with E-state index in [2.05, 4.69) is 22.5 Å². The lowest BCUT2D eigenvalue weighted by Gasteiger charge is -2.08. The highest BCUT2D eigenvalue weighted by Gasteiger charge is 2.11. The number of thiazole rings is 1. The van der Waals surface area contributed by atoms with E-state index in [4.69, 9.17) is 9.47 Å². The van der Waals surface area contributed by atoms with Crippen molar-refractivity contribution in [1.82, 2.24) is 15.6 Å². The third-order valence-corrected chi connectivity index (χ3v) is 4.77. The maximum atomic E-state index is 12.1. The molecule has 0 fully saturated rings. The fraction of sp³-hybridized carbons (Fsp3) is 0.450. The number of unbranched alkanes of at least 4 members (excludes halogenated alkanes) is 2. The normalized spacial score (nSPS) is 10.4. The van der Waals surface area contributed by atoms with Crippen LogP contribution in [0.25, 0.3) is 0 Å². The second-order valence-electron chi connectivity index (χ2n) is 6.13. The van der Waals surface area contributed by atoms with Crippen molar-refractivity contribution in [3.8, 4) is 11.5 Å². The number of aromatic nitrogens is 1. The van der Waals surface area contributed by atoms with E-state index in [0.29, 0.717) is 41.7 Å². The quantitative estimate of drug-likeness (QED) is 0.530. The number of carbonyl (C=O) groups excluding carboxylic acids is 2. The lowest BCUT2D eigenvalue weighted by Crippen LogP contribution is -2.34. The summed E-state index contributed by atoms with van der Waals surface area (Å²) in [5.74, 6) is 1.03. The van der Waals surface area contributed by atoms with Crippen LogP contribution in [0, 0.1) is 0 Å². The summed E-state index contributed by atoms with van der Waals surface area (Å²) in [5.41, 5.74) is 0.345. The number of rotatable bonds is 12. The van der Waals surface area contributed by atoms with Gasteiger partial charge in [0.2, 0.25) is 5.91 Å². The highest BCUT2D eigenvalue weighted by atomic mass is 32.1. The molecule has 1 heterocycles. The molecule has 2 amide bonds. The second-order valence-corrected chi connectivity index (χ2v) is 7.07. The zero-order valence-electron chi connectivity index (χ0n) is 16.3. The number of methoxy groups -OCH3 is 1. The second kappa shape index (κ2) is 12.0. The van der Waals surface area contributed by atoms with E-state index in [0.717, 1.165) is 19.3 Å². The molecule has 28 heavy (non-hydrogen) atoms. The van der Waals surface area contributed by atoms with Gasteiger partial charge < -0.3 is 20.1 Å². The van der Waals surface area contributed by atoms with Gasteiger partial charge in [-0.2, -0.15) is 0 Å². The molecule has 8 heteroatoms. The number of amides is 2. The molecule has 0 saturated heterocycles. The van der Waals surface area contributed by atoms with Crippen LogP contribution >= 0.6 is 11.3 Å². The third kappa shape index (κ3) is 7.19. The SMILES string of the molecule is CCCCCC(=O)NCCNC(=O)c1csc(COc2ccccc2OC)n1. The van der Waals surface area contributed by atoms with E-state index in [1.54, 1.807) is 12.5 Å². The molecular formula is C20H27N3O4S. The van der Waals surface area contributed by atoms with Gasteiger partial charge in [-0.05, 0) is 18.6 Å². The largest absolute Gasteiger partial charge is 0.493 e. The Balaban J connectivity index is 1.71. The molecule has 1 aromatic carbocycles. The zero-order chi connectivity index (χ0) is 20.2. The molecule has 1 aromatic heterocycles. The predicted molar refractivity (Wildman–Crippen MR) is 109 cm³/mol. The highest BCUT2D eigenvalue weighted by molar-refractivity contribution is 7.09. The van der Waals surface area contributed by atoms with E-state index < -0.39 is 0 Å². The Morgan fingerprint density at radius 3 is 2.61 bits per heavy atom. The average molecular weight is 406 g/mol. The summed E-state index contributed by atoms with van der Waals surface area (Å²) in [7, 11) is 1.58. The molecule has 0 bridgehead atoms. The number of carbonyl (C=O) groups is 2. The van der Waals surface area contributed by atoms with Crippen molar-refractivity contribution in [3.63, 3.8) is 0 Å². The molecule has 0 saturated carbocycles. The molecule has 0 aliphatic heterocycles. The molecule has 152 valence electrons. The van der Waals surface area contributed by atoms with Crippen molar-refractivity contribution in [2.75, 3.05) is 20.2 Å². The Labute approximate surface area is 169 Å². The molecule has 0 aliphatic carbocycles. The minimum absolute atomic E-state index is 0.0205. The van der Waals surface area contributed by atoms with Crippen LogP contribution < -0.4 is 20.1 Å². The topological polar surface area (TPSA) is 89.6 Å². The van der Waals surface area contributed by atoms with Crippen molar-refractivity contribution >= 4 is 23.2 Å². The minimum atomic E-state index is -0.264. The summed E-state index contributed by atoms with van der Waals surface area (Å²) in [6.07, 6.45) is 3.57. The van der Waals surface area contributed by atoms with Gasteiger partial charge >= 0.3 is 0 Å². The smallest absolute Gasteiger partial charge is 0.270 e. The fourth-order valence-corrected chi connectivity index (χ4v) is 3.14. The van der Waals surface area contributed by atoms with Crippen LogP contribution in [0.5, 0.6) is 11.5 Å². The first-order valence-electron chi connectivity index (χ1n) is 9.39. The van der Waals surface area contributed by atoms with Crippen molar-refractivity contribution in [3.05, 3.63) is 40.3 Å². The van der Waals surface area contributed by atoms with Crippen LogP contribution in [0.15, 0.2) is 29.6 Å². The predicted octanol–water partition coefficient (Wildman–Crippen LogP) is 3.16. The first-order chi connectivity index (χ1) is 13.6. The van der Waals surface area contributed by atoms with E-state index in [1.165, 1.54) is 11.3 Å². The van der Waals surface area contributed by atoms with E-state index in [9.17, 15) is 9.59 Å². The standard InChI is InChI=1S/C20H27N3O4S/c1-3-4-5-10-18(24)21-11-12-22-20(25)15-14-28-19(23-15)13-27-17-9-7-6-8-16(17)26-2/h6-9,14H,3-5,10-13H2,1-2H3,(H,21,24)(H,22,25). The first-order valence-corrected chi connectivity index (χ1v) is 10.3. The van der Waals surface area contributed by atoms with Crippen LogP contribution in [0.4, 0.5) is 0 Å². The molecular weight excluding hydrogens is 378 g/mol. The minimum Gasteiger partial charge on any atom is -0.493 e. The number of nitrogens with one attached hydrogen (secondary N) is 2. The van der Waals surface area contributed by atoms with Gasteiger partial charge in [-0.1, -0.05) is 31.9 Å². The molecule has 0 radical (unpaired) electrons. The summed E-state index contributed by atoms with van der Waals surface area (Å²) >= 11 is 1.36. The van der Waals surface area contributed by atoms with Gasteiger partial charge in [0.25, 0.3) is 5.91 Å². The number of ether oxygens (including phenoxy) is 2. The van der Waals surface area contributed by atoms with Gasteiger partial charge in [0.15, 0.2) is 11.5 Å². The van der Waals surface area contributed by atoms with Crippen molar-refractivity contribution < 1.29 is 19.1 Å². The lowest BCUT2D eigenvalue weighted by molar-refractivity contribution is -0.121. The van der Waals surface area contributed by atoms with Crippen LogP contribution in [-0.4, -0.2) is 37.0 Å². The molecule has 0 aliphatic rings. The van der Waals surface area contributed by atoms with E-state index >= 15 is 0 Å². The number of para-hydroxylation sites is 2. The monoisotopic (exact) mass is 405 g/mol. The average Bonchev–Trinajstić information content (AvgIpc) is 3.19. The summed E-state index contributed by atoms with van der Waals surface area (Å²) in [6, 6.07) is 7.36. The molecule has 2 rings (SSSR count). The van der Waals surface area contributed by atoms with Gasteiger partial charge in [0.1, 0.15) is 17.3 Å². The number of hydrogen-bond donors (Lipinski definition) is 2. The van der Waals surface area contributed by atoms with Crippen LogP contribution in [0.3, 0.4) is 0 Å². The lowest BCUT2D eigenvalue weighted by atomic mass is 10.2. The van der Waals surface area contributed by atoms with Gasteiger partial charge in [0, 0.05) is 24.9 Å². The molecule has 2 N–H and O–H groups in total. The Hall–Kier alpha value is -2.61. The maximum Gasteiger partial charge on any atom is 0.270 e. The summed E-state index contributed by atoms with van der Waals surface area (Å²) in [6.45, 7) is 3.13. The van der Waals surface area contributed by atoms with Gasteiger partial charge in [-0.3, -0.25) is 9.59 Å².